The van der Waals surface area contributed by atoms with Crippen molar-refractivity contribution in [2.45, 2.75) is 64.4 Å². The number of ether oxygens (including phenoxy) is 1. The third-order valence-corrected chi connectivity index (χ3v) is 4.60. The van der Waals surface area contributed by atoms with Crippen molar-refractivity contribution in [2.24, 2.45) is 17.6 Å². The number of rotatable bonds is 10. The monoisotopic (exact) mass is 471 g/mol. The minimum absolute atomic E-state index is 0.0573. The number of cyclic esters (lactones) is 1. The second-order valence-corrected chi connectivity index (χ2v) is 7.19. The largest absolute Gasteiger partial charge is 0.490 e. The van der Waals surface area contributed by atoms with Gasteiger partial charge in [0, 0.05) is 6.54 Å². The molecule has 1 fully saturated rings. The van der Waals surface area contributed by atoms with Gasteiger partial charge in [0.2, 0.25) is 5.91 Å². The van der Waals surface area contributed by atoms with E-state index in [4.69, 9.17) is 25.5 Å². The van der Waals surface area contributed by atoms with Crippen molar-refractivity contribution in [3.63, 3.8) is 0 Å². The minimum Gasteiger partial charge on any atom is -0.480 e. The summed E-state index contributed by atoms with van der Waals surface area (Å²) in [7, 11) is 0. The standard InChI is InChI=1S/C16H27N3O6.C2HF3O2/c1-4-8(2)11-12(25-16(11)24)14(21)18-7-5-6-10(15(22)23)19-13(20)9(3)17;3-2(4,5)1(6)7/h8-12H,4-7,17H2,1-3H3,(H,18,21)(H,19,20)(H,22,23);(H,6,7)/t8-,9-,10-,11-,12+;/m0./s1. The predicted octanol–water partition coefficient (Wildman–Crippen LogP) is 0.0204. The van der Waals surface area contributed by atoms with Crippen molar-refractivity contribution in [1.29, 1.82) is 0 Å². The second-order valence-electron chi connectivity index (χ2n) is 7.19. The molecule has 1 heterocycles. The summed E-state index contributed by atoms with van der Waals surface area (Å²) in [6.45, 7) is 5.51. The Balaban J connectivity index is 0.00000118. The maximum atomic E-state index is 12.1. The zero-order valence-corrected chi connectivity index (χ0v) is 17.8. The molecule has 1 aliphatic heterocycles. The SMILES string of the molecule is CC[C@H](C)[C@@H]1C(=O)O[C@H]1C(=O)NCCC[C@H](NC(=O)[C@H](C)N)C(=O)O.O=C(O)C(F)(F)F. The Bertz CT molecular complexity index is 699. The Morgan fingerprint density at radius 2 is 1.72 bits per heavy atom. The highest BCUT2D eigenvalue weighted by Gasteiger charge is 2.49. The maximum Gasteiger partial charge on any atom is 0.490 e. The molecule has 0 unspecified atom stereocenters. The lowest BCUT2D eigenvalue weighted by molar-refractivity contribution is -0.193. The number of alkyl halides is 3. The van der Waals surface area contributed by atoms with Crippen molar-refractivity contribution in [3.8, 4) is 0 Å². The minimum atomic E-state index is -5.08. The van der Waals surface area contributed by atoms with Crippen LogP contribution in [0.2, 0.25) is 0 Å². The molecule has 32 heavy (non-hydrogen) atoms. The zero-order valence-electron chi connectivity index (χ0n) is 17.8. The van der Waals surface area contributed by atoms with E-state index in [2.05, 4.69) is 10.6 Å². The summed E-state index contributed by atoms with van der Waals surface area (Å²) in [5.74, 6) is -5.58. The van der Waals surface area contributed by atoms with Crippen LogP contribution >= 0.6 is 0 Å². The molecule has 1 rings (SSSR count). The first-order chi connectivity index (χ1) is 14.6. The van der Waals surface area contributed by atoms with Crippen molar-refractivity contribution < 1.29 is 52.1 Å². The number of hydrogen-bond donors (Lipinski definition) is 5. The summed E-state index contributed by atoms with van der Waals surface area (Å²) in [6.07, 6.45) is -4.61. The lowest BCUT2D eigenvalue weighted by atomic mass is 9.83. The lowest BCUT2D eigenvalue weighted by Crippen LogP contribution is -2.56. The van der Waals surface area contributed by atoms with Crippen molar-refractivity contribution >= 4 is 29.7 Å². The summed E-state index contributed by atoms with van der Waals surface area (Å²) < 4.78 is 36.7. The fourth-order valence-electron chi connectivity index (χ4n) is 2.51. The van der Waals surface area contributed by atoms with Gasteiger partial charge in [-0.2, -0.15) is 13.2 Å². The number of amides is 2. The smallest absolute Gasteiger partial charge is 0.480 e. The summed E-state index contributed by atoms with van der Waals surface area (Å²) in [6, 6.07) is -1.86. The second kappa shape index (κ2) is 12.8. The first kappa shape index (κ1) is 29.1. The van der Waals surface area contributed by atoms with E-state index in [1.165, 1.54) is 6.92 Å². The van der Waals surface area contributed by atoms with E-state index in [0.717, 1.165) is 6.42 Å². The van der Waals surface area contributed by atoms with Crippen molar-refractivity contribution in [2.75, 3.05) is 6.54 Å². The van der Waals surface area contributed by atoms with Crippen LogP contribution in [-0.2, 0) is 28.7 Å². The highest BCUT2D eigenvalue weighted by molar-refractivity contribution is 5.94. The first-order valence-electron chi connectivity index (χ1n) is 9.70. The van der Waals surface area contributed by atoms with E-state index in [1.807, 2.05) is 13.8 Å². The van der Waals surface area contributed by atoms with E-state index in [9.17, 15) is 32.3 Å². The first-order valence-corrected chi connectivity index (χ1v) is 9.70. The number of nitrogens with two attached hydrogens (primary N) is 1. The Kier molecular flexibility index (Phi) is 11.7. The number of carbonyl (C=O) groups is 5. The van der Waals surface area contributed by atoms with Crippen LogP contribution in [0, 0.1) is 11.8 Å². The van der Waals surface area contributed by atoms with Crippen LogP contribution in [0.5, 0.6) is 0 Å². The van der Waals surface area contributed by atoms with Gasteiger partial charge in [-0.1, -0.05) is 20.3 Å². The molecular formula is C18H28F3N3O8. The molecule has 184 valence electrons. The van der Waals surface area contributed by atoms with Crippen LogP contribution in [-0.4, -0.2) is 70.8 Å². The fourth-order valence-corrected chi connectivity index (χ4v) is 2.51. The van der Waals surface area contributed by atoms with Crippen LogP contribution < -0.4 is 16.4 Å². The van der Waals surface area contributed by atoms with Crippen LogP contribution in [0.4, 0.5) is 13.2 Å². The van der Waals surface area contributed by atoms with Gasteiger partial charge in [-0.05, 0) is 25.7 Å². The molecule has 0 aromatic rings. The topological polar surface area (TPSA) is 185 Å². The molecule has 0 aromatic carbocycles. The maximum absolute atomic E-state index is 12.1. The molecule has 0 saturated carbocycles. The number of halogens is 3. The van der Waals surface area contributed by atoms with Crippen LogP contribution in [0.3, 0.4) is 0 Å². The summed E-state index contributed by atoms with van der Waals surface area (Å²) in [5, 5.41) is 21.2. The zero-order chi connectivity index (χ0) is 25.2. The molecule has 14 heteroatoms. The molecule has 0 aromatic heterocycles. The van der Waals surface area contributed by atoms with Gasteiger partial charge in [0.1, 0.15) is 12.0 Å². The third-order valence-electron chi connectivity index (χ3n) is 4.60. The van der Waals surface area contributed by atoms with Crippen LogP contribution in [0.25, 0.3) is 0 Å². The van der Waals surface area contributed by atoms with Crippen molar-refractivity contribution in [3.05, 3.63) is 0 Å². The van der Waals surface area contributed by atoms with Gasteiger partial charge in [0.05, 0.1) is 6.04 Å². The molecule has 0 aliphatic carbocycles. The van der Waals surface area contributed by atoms with E-state index in [1.54, 1.807) is 0 Å². The average molecular weight is 471 g/mol. The number of nitrogens with one attached hydrogen (secondary N) is 2. The van der Waals surface area contributed by atoms with E-state index in [0.29, 0.717) is 6.42 Å². The Hall–Kier alpha value is -2.90. The molecule has 0 bridgehead atoms. The predicted molar refractivity (Wildman–Crippen MR) is 102 cm³/mol. The van der Waals surface area contributed by atoms with Crippen LogP contribution in [0.15, 0.2) is 0 Å². The van der Waals surface area contributed by atoms with Gasteiger partial charge in [-0.3, -0.25) is 14.4 Å². The molecule has 1 saturated heterocycles. The molecular weight excluding hydrogens is 443 g/mol. The van der Waals surface area contributed by atoms with Crippen molar-refractivity contribution in [1.82, 2.24) is 10.6 Å². The molecule has 5 atom stereocenters. The summed E-state index contributed by atoms with van der Waals surface area (Å²) >= 11 is 0. The molecule has 0 radical (unpaired) electrons. The number of aliphatic carboxylic acids is 2. The highest BCUT2D eigenvalue weighted by atomic mass is 19.4. The molecule has 1 aliphatic rings. The van der Waals surface area contributed by atoms with Gasteiger partial charge < -0.3 is 31.3 Å². The number of carbonyl (C=O) groups excluding carboxylic acids is 3. The highest BCUT2D eigenvalue weighted by Crippen LogP contribution is 2.31. The molecule has 2 amide bonds. The van der Waals surface area contributed by atoms with Gasteiger partial charge in [-0.15, -0.1) is 0 Å². The number of carboxylic acid groups (broad SMARTS) is 2. The van der Waals surface area contributed by atoms with Crippen LogP contribution in [0.1, 0.15) is 40.0 Å². The number of hydrogen-bond acceptors (Lipinski definition) is 7. The van der Waals surface area contributed by atoms with Gasteiger partial charge in [-0.25, -0.2) is 9.59 Å². The third kappa shape index (κ3) is 9.49. The normalized spacial score (nSPS) is 20.3. The Morgan fingerprint density at radius 1 is 1.19 bits per heavy atom. The van der Waals surface area contributed by atoms with E-state index < -0.39 is 48.1 Å². The van der Waals surface area contributed by atoms with Gasteiger partial charge in [0.25, 0.3) is 5.91 Å². The number of carboxylic acids is 2. The summed E-state index contributed by atoms with van der Waals surface area (Å²) in [4.78, 5) is 55.0. The average Bonchev–Trinajstić information content (AvgIpc) is 2.67. The van der Waals surface area contributed by atoms with Gasteiger partial charge in [0.15, 0.2) is 6.10 Å². The quantitative estimate of drug-likeness (QED) is 0.216. The lowest BCUT2D eigenvalue weighted by Gasteiger charge is -2.37. The fraction of sp³-hybridized carbons (Fsp3) is 0.722. The molecule has 11 nitrogen and oxygen atoms in total. The Morgan fingerprint density at radius 3 is 2.09 bits per heavy atom. The van der Waals surface area contributed by atoms with E-state index in [-0.39, 0.29) is 30.8 Å². The Labute approximate surface area is 181 Å². The summed E-state index contributed by atoms with van der Waals surface area (Å²) in [5.41, 5.74) is 5.39. The molecule has 6 N–H and O–H groups in total. The number of esters is 1. The van der Waals surface area contributed by atoms with Gasteiger partial charge >= 0.3 is 24.1 Å². The molecule has 0 spiro atoms. The van der Waals surface area contributed by atoms with E-state index >= 15 is 0 Å².